The molecule has 1 aliphatic heterocycles. The van der Waals surface area contributed by atoms with Crippen molar-refractivity contribution in [2.75, 3.05) is 50.0 Å². The average molecular weight is 697 g/mol. The number of benzene rings is 3. The highest BCUT2D eigenvalue weighted by molar-refractivity contribution is 6.06. The molecule has 2 heterocycles. The number of likely N-dealkylation sites (tertiary alicyclic amines) is 1. The van der Waals surface area contributed by atoms with Crippen molar-refractivity contribution in [2.24, 2.45) is 0 Å². The van der Waals surface area contributed by atoms with Gasteiger partial charge in [0.2, 0.25) is 17.7 Å². The number of aromatic nitrogens is 2. The zero-order valence-corrected chi connectivity index (χ0v) is 30.1. The van der Waals surface area contributed by atoms with Crippen molar-refractivity contribution >= 4 is 29.1 Å². The maximum absolute atomic E-state index is 15.1. The number of para-hydroxylation sites is 1. The SMILES string of the molecule is CCN(CC)C(=O)CCc1cccc(Oc2nc(Nc3ccc(OCCCN4CCCCC4)c(F)c3)ncc2C(=O)Nc2c(C)cccc2C)c1. The Hall–Kier alpha value is -5.03. The van der Waals surface area contributed by atoms with Gasteiger partial charge in [-0.1, -0.05) is 36.8 Å². The van der Waals surface area contributed by atoms with Crippen LogP contribution in [0, 0.1) is 19.7 Å². The van der Waals surface area contributed by atoms with Gasteiger partial charge in [0, 0.05) is 49.7 Å². The number of hydrogen-bond acceptors (Lipinski definition) is 8. The Balaban J connectivity index is 1.32. The van der Waals surface area contributed by atoms with E-state index in [9.17, 15) is 9.59 Å². The number of nitrogens with one attached hydrogen (secondary N) is 2. The third-order valence-electron chi connectivity index (χ3n) is 9.09. The molecule has 270 valence electrons. The molecule has 0 radical (unpaired) electrons. The number of hydrogen-bond donors (Lipinski definition) is 2. The summed E-state index contributed by atoms with van der Waals surface area (Å²) >= 11 is 0. The largest absolute Gasteiger partial charge is 0.490 e. The topological polar surface area (TPSA) is 109 Å². The molecule has 1 aliphatic rings. The van der Waals surface area contributed by atoms with Crippen molar-refractivity contribution in [1.29, 1.82) is 0 Å². The number of carbonyl (C=O) groups is 2. The van der Waals surface area contributed by atoms with Gasteiger partial charge in [-0.25, -0.2) is 9.37 Å². The first-order valence-electron chi connectivity index (χ1n) is 17.9. The smallest absolute Gasteiger partial charge is 0.262 e. The number of aryl methyl sites for hydroxylation is 3. The van der Waals surface area contributed by atoms with Crippen molar-refractivity contribution < 1.29 is 23.5 Å². The fraction of sp³-hybridized carbons (Fsp3) is 0.400. The normalized spacial score (nSPS) is 13.0. The molecule has 0 saturated carbocycles. The van der Waals surface area contributed by atoms with Crippen LogP contribution in [0.3, 0.4) is 0 Å². The maximum Gasteiger partial charge on any atom is 0.262 e. The van der Waals surface area contributed by atoms with Crippen molar-refractivity contribution in [2.45, 2.75) is 66.2 Å². The molecule has 0 bridgehead atoms. The number of nitrogens with zero attached hydrogens (tertiary/aromatic N) is 4. The number of anilines is 3. The van der Waals surface area contributed by atoms with Crippen LogP contribution in [-0.2, 0) is 11.2 Å². The number of piperidine rings is 1. The molecule has 4 aromatic rings. The highest BCUT2D eigenvalue weighted by atomic mass is 19.1. The Bertz CT molecular complexity index is 1770. The molecule has 10 nitrogen and oxygen atoms in total. The summed E-state index contributed by atoms with van der Waals surface area (Å²) < 4.78 is 27.0. The molecule has 11 heteroatoms. The first kappa shape index (κ1) is 37.2. The summed E-state index contributed by atoms with van der Waals surface area (Å²) in [5.41, 5.74) is 3.95. The summed E-state index contributed by atoms with van der Waals surface area (Å²) in [5.74, 6) is -0.0982. The second-order valence-electron chi connectivity index (χ2n) is 12.8. The van der Waals surface area contributed by atoms with E-state index in [0.29, 0.717) is 49.7 Å². The Morgan fingerprint density at radius 2 is 1.71 bits per heavy atom. The third-order valence-corrected chi connectivity index (χ3v) is 9.09. The predicted octanol–water partition coefficient (Wildman–Crippen LogP) is 8.08. The minimum absolute atomic E-state index is 0.0155. The lowest BCUT2D eigenvalue weighted by Gasteiger charge is -2.26. The molecule has 2 amide bonds. The van der Waals surface area contributed by atoms with Crippen LogP contribution in [0.1, 0.15) is 73.0 Å². The lowest BCUT2D eigenvalue weighted by Crippen LogP contribution is -2.31. The minimum atomic E-state index is -0.504. The Labute approximate surface area is 300 Å². The first-order chi connectivity index (χ1) is 24.7. The molecule has 51 heavy (non-hydrogen) atoms. The molecule has 0 spiro atoms. The van der Waals surface area contributed by atoms with Gasteiger partial charge < -0.3 is 29.9 Å². The van der Waals surface area contributed by atoms with Crippen LogP contribution in [0.15, 0.2) is 66.9 Å². The number of rotatable bonds is 16. The fourth-order valence-electron chi connectivity index (χ4n) is 6.19. The van der Waals surface area contributed by atoms with Crippen molar-refractivity contribution in [3.05, 3.63) is 94.9 Å². The summed E-state index contributed by atoms with van der Waals surface area (Å²) in [5, 5.41) is 6.01. The lowest BCUT2D eigenvalue weighted by atomic mass is 10.1. The van der Waals surface area contributed by atoms with Crippen LogP contribution in [0.25, 0.3) is 0 Å². The first-order valence-corrected chi connectivity index (χ1v) is 17.9. The van der Waals surface area contributed by atoms with Gasteiger partial charge in [-0.2, -0.15) is 4.98 Å². The van der Waals surface area contributed by atoms with Gasteiger partial charge in [0.15, 0.2) is 11.6 Å². The molecular formula is C40H49FN6O4. The van der Waals surface area contributed by atoms with Gasteiger partial charge in [-0.15, -0.1) is 0 Å². The molecule has 3 aromatic carbocycles. The summed E-state index contributed by atoms with van der Waals surface area (Å²) in [7, 11) is 0. The van der Waals surface area contributed by atoms with E-state index in [2.05, 4.69) is 25.5 Å². The summed E-state index contributed by atoms with van der Waals surface area (Å²) in [6, 6.07) is 17.7. The van der Waals surface area contributed by atoms with E-state index in [4.69, 9.17) is 9.47 Å². The zero-order chi connectivity index (χ0) is 36.2. The Morgan fingerprint density at radius 1 is 0.961 bits per heavy atom. The van der Waals surface area contributed by atoms with Gasteiger partial charge >= 0.3 is 0 Å². The molecule has 1 fully saturated rings. The Kier molecular flexibility index (Phi) is 13.3. The maximum atomic E-state index is 15.1. The fourth-order valence-corrected chi connectivity index (χ4v) is 6.19. The number of carbonyl (C=O) groups excluding carboxylic acids is 2. The van der Waals surface area contributed by atoms with Gasteiger partial charge in [0.05, 0.1) is 6.61 Å². The Morgan fingerprint density at radius 3 is 2.43 bits per heavy atom. The van der Waals surface area contributed by atoms with E-state index in [0.717, 1.165) is 42.7 Å². The van der Waals surface area contributed by atoms with Crippen LogP contribution in [-0.4, -0.2) is 70.9 Å². The van der Waals surface area contributed by atoms with Crippen molar-refractivity contribution in [1.82, 2.24) is 19.8 Å². The van der Waals surface area contributed by atoms with E-state index >= 15 is 4.39 Å². The van der Waals surface area contributed by atoms with E-state index in [1.807, 2.05) is 64.1 Å². The van der Waals surface area contributed by atoms with Crippen molar-refractivity contribution in [3.8, 4) is 17.4 Å². The molecule has 2 N–H and O–H groups in total. The van der Waals surface area contributed by atoms with E-state index in [-0.39, 0.29) is 29.0 Å². The number of ether oxygens (including phenoxy) is 2. The van der Waals surface area contributed by atoms with E-state index < -0.39 is 11.7 Å². The highest BCUT2D eigenvalue weighted by Gasteiger charge is 2.20. The number of halogens is 1. The van der Waals surface area contributed by atoms with Gasteiger partial charge in [0.1, 0.15) is 11.3 Å². The molecule has 5 rings (SSSR count). The molecule has 1 aromatic heterocycles. The highest BCUT2D eigenvalue weighted by Crippen LogP contribution is 2.29. The molecule has 0 aliphatic carbocycles. The second kappa shape index (κ2) is 18.3. The van der Waals surface area contributed by atoms with Crippen LogP contribution >= 0.6 is 0 Å². The predicted molar refractivity (Wildman–Crippen MR) is 199 cm³/mol. The minimum Gasteiger partial charge on any atom is -0.490 e. The lowest BCUT2D eigenvalue weighted by molar-refractivity contribution is -0.130. The van der Waals surface area contributed by atoms with Crippen LogP contribution in [0.2, 0.25) is 0 Å². The summed E-state index contributed by atoms with van der Waals surface area (Å²) in [6.45, 7) is 12.7. The quantitative estimate of drug-likeness (QED) is 0.113. The summed E-state index contributed by atoms with van der Waals surface area (Å²) in [6.07, 6.45) is 6.88. The van der Waals surface area contributed by atoms with Gasteiger partial charge in [-0.05, 0) is 107 Å². The standard InChI is InChI=1S/C40H49FN6O4/c1-5-47(6-2)36(48)20-17-30-15-11-16-32(25-30)51-39-33(38(49)44-37-28(3)13-10-14-29(37)4)27-42-40(45-39)43-31-18-19-35(34(41)26-31)50-24-12-23-46-21-8-7-9-22-46/h10-11,13-16,18-19,25-27H,5-9,12,17,20-24H2,1-4H3,(H,44,49)(H,42,43,45). The monoisotopic (exact) mass is 696 g/mol. The molecular weight excluding hydrogens is 647 g/mol. The van der Waals surface area contributed by atoms with Crippen LogP contribution in [0.4, 0.5) is 21.7 Å². The molecule has 0 unspecified atom stereocenters. The zero-order valence-electron chi connectivity index (χ0n) is 30.1. The summed E-state index contributed by atoms with van der Waals surface area (Å²) in [4.78, 5) is 39.4. The second-order valence-corrected chi connectivity index (χ2v) is 12.8. The van der Waals surface area contributed by atoms with Gasteiger partial charge in [-0.3, -0.25) is 9.59 Å². The van der Waals surface area contributed by atoms with E-state index in [1.54, 1.807) is 23.1 Å². The van der Waals surface area contributed by atoms with Crippen molar-refractivity contribution in [3.63, 3.8) is 0 Å². The van der Waals surface area contributed by atoms with Crippen LogP contribution < -0.4 is 20.1 Å². The van der Waals surface area contributed by atoms with E-state index in [1.165, 1.54) is 31.5 Å². The average Bonchev–Trinajstić information content (AvgIpc) is 3.13. The van der Waals surface area contributed by atoms with Gasteiger partial charge in [0.25, 0.3) is 5.91 Å². The number of amides is 2. The molecule has 0 atom stereocenters. The van der Waals surface area contributed by atoms with Crippen LogP contribution in [0.5, 0.6) is 17.4 Å². The molecule has 1 saturated heterocycles. The third kappa shape index (κ3) is 10.5.